The normalized spacial score (nSPS) is 27.8. The van der Waals surface area contributed by atoms with Gasteiger partial charge in [-0.15, -0.1) is 0 Å². The van der Waals surface area contributed by atoms with Crippen molar-refractivity contribution in [3.8, 4) is 5.75 Å². The highest BCUT2D eigenvalue weighted by atomic mass is 19.1. The summed E-state index contributed by atoms with van der Waals surface area (Å²) in [7, 11) is 0. The van der Waals surface area contributed by atoms with Crippen LogP contribution in [0, 0.1) is 5.41 Å². The van der Waals surface area contributed by atoms with Crippen molar-refractivity contribution >= 4 is 5.91 Å². The van der Waals surface area contributed by atoms with Crippen molar-refractivity contribution < 1.29 is 19.0 Å². The third kappa shape index (κ3) is 3.73. The molecule has 0 bridgehead atoms. The van der Waals surface area contributed by atoms with Gasteiger partial charge >= 0.3 is 0 Å². The molecule has 5 rings (SSSR count). The molecule has 1 atom stereocenters. The summed E-state index contributed by atoms with van der Waals surface area (Å²) >= 11 is 0. The van der Waals surface area contributed by atoms with Crippen LogP contribution in [0.25, 0.3) is 0 Å². The van der Waals surface area contributed by atoms with Crippen molar-refractivity contribution in [1.29, 1.82) is 0 Å². The smallest absolute Gasteiger partial charge is 0.260 e. The predicted octanol–water partition coefficient (Wildman–Crippen LogP) is 3.12. The van der Waals surface area contributed by atoms with Crippen LogP contribution in [0.2, 0.25) is 0 Å². The van der Waals surface area contributed by atoms with Gasteiger partial charge in [-0.05, 0) is 75.6 Å². The van der Waals surface area contributed by atoms with E-state index in [9.17, 15) is 9.18 Å². The fraction of sp³-hybridized carbons (Fsp3) is 0.708. The lowest BCUT2D eigenvalue weighted by atomic mass is 9.77. The number of hydrogen-bond acceptors (Lipinski definition) is 4. The fourth-order valence-corrected chi connectivity index (χ4v) is 5.97. The van der Waals surface area contributed by atoms with Crippen molar-refractivity contribution in [3.05, 3.63) is 29.8 Å². The molecule has 5 nitrogen and oxygen atoms in total. The van der Waals surface area contributed by atoms with Crippen molar-refractivity contribution in [3.63, 3.8) is 0 Å². The molecule has 1 amide bonds. The highest BCUT2D eigenvalue weighted by Gasteiger charge is 2.58. The molecule has 1 N–H and O–H groups in total. The zero-order chi connectivity index (χ0) is 20.8. The number of amides is 1. The standard InChI is InChI=1S/C24H33FN2O3/c25-24(9-10-24)22(29)27-16-23(17-27)8-5-19(15-23)26-11-6-18(7-12-26)20-3-1-2-4-21(20)30-14-13-28/h1-4,18-19,28H,5-17H2. The van der Waals surface area contributed by atoms with Gasteiger partial charge in [-0.3, -0.25) is 4.79 Å². The van der Waals surface area contributed by atoms with Crippen molar-refractivity contribution in [1.82, 2.24) is 9.80 Å². The Kier molecular flexibility index (Phi) is 5.26. The summed E-state index contributed by atoms with van der Waals surface area (Å²) in [6, 6.07) is 8.83. The molecule has 2 saturated heterocycles. The lowest BCUT2D eigenvalue weighted by Crippen LogP contribution is -2.60. The number of ether oxygens (including phenoxy) is 1. The van der Waals surface area contributed by atoms with Crippen LogP contribution in [-0.4, -0.2) is 71.9 Å². The minimum atomic E-state index is -1.52. The van der Waals surface area contributed by atoms with Gasteiger partial charge in [0.05, 0.1) is 6.61 Å². The largest absolute Gasteiger partial charge is 0.491 e. The lowest BCUT2D eigenvalue weighted by molar-refractivity contribution is -0.150. The number of likely N-dealkylation sites (tertiary alicyclic amines) is 2. The topological polar surface area (TPSA) is 53.0 Å². The van der Waals surface area contributed by atoms with Gasteiger partial charge in [-0.2, -0.15) is 0 Å². The Morgan fingerprint density at radius 1 is 1.13 bits per heavy atom. The van der Waals surface area contributed by atoms with E-state index < -0.39 is 5.67 Å². The van der Waals surface area contributed by atoms with Crippen LogP contribution in [0.4, 0.5) is 4.39 Å². The number of carbonyl (C=O) groups is 1. The summed E-state index contributed by atoms with van der Waals surface area (Å²) in [4.78, 5) is 16.6. The van der Waals surface area contributed by atoms with Gasteiger partial charge in [0.15, 0.2) is 5.67 Å². The maximum absolute atomic E-state index is 14.1. The maximum atomic E-state index is 14.1. The van der Waals surface area contributed by atoms with Gasteiger partial charge < -0.3 is 19.6 Å². The third-order valence-corrected chi connectivity index (χ3v) is 7.84. The van der Waals surface area contributed by atoms with E-state index >= 15 is 0 Å². The van der Waals surface area contributed by atoms with Crippen LogP contribution in [0.3, 0.4) is 0 Å². The zero-order valence-corrected chi connectivity index (χ0v) is 17.7. The SMILES string of the molecule is O=C(N1CC2(CCC(N3CCC(c4ccccc4OCCO)CC3)C2)C1)C1(F)CC1. The number of aliphatic hydroxyl groups excluding tert-OH is 1. The number of benzene rings is 1. The van der Waals surface area contributed by atoms with Crippen molar-refractivity contribution in [2.24, 2.45) is 5.41 Å². The summed E-state index contributed by atoms with van der Waals surface area (Å²) in [5.41, 5.74) is -0.00637. The number of nitrogens with zero attached hydrogens (tertiary/aromatic N) is 2. The molecule has 1 unspecified atom stereocenters. The summed E-state index contributed by atoms with van der Waals surface area (Å²) < 4.78 is 19.8. The molecule has 2 heterocycles. The Morgan fingerprint density at radius 3 is 2.57 bits per heavy atom. The monoisotopic (exact) mass is 416 g/mol. The number of alkyl halides is 1. The number of carbonyl (C=O) groups excluding carboxylic acids is 1. The second kappa shape index (κ2) is 7.79. The van der Waals surface area contributed by atoms with Crippen LogP contribution < -0.4 is 4.74 Å². The Labute approximate surface area is 178 Å². The molecule has 1 aromatic rings. The summed E-state index contributed by atoms with van der Waals surface area (Å²) in [6.07, 6.45) is 6.59. The third-order valence-electron chi connectivity index (χ3n) is 7.84. The van der Waals surface area contributed by atoms with Crippen molar-refractivity contribution in [2.45, 2.75) is 62.6 Å². The van der Waals surface area contributed by atoms with Gasteiger partial charge in [-0.25, -0.2) is 4.39 Å². The fourth-order valence-electron chi connectivity index (χ4n) is 5.97. The first-order valence-electron chi connectivity index (χ1n) is 11.6. The summed E-state index contributed by atoms with van der Waals surface area (Å²) in [5.74, 6) is 1.16. The number of aliphatic hydroxyl groups is 1. The van der Waals surface area contributed by atoms with Gasteiger partial charge in [-0.1, -0.05) is 18.2 Å². The van der Waals surface area contributed by atoms with E-state index in [-0.39, 0.29) is 17.9 Å². The van der Waals surface area contributed by atoms with Crippen LogP contribution in [0.1, 0.15) is 56.4 Å². The number of hydrogen-bond donors (Lipinski definition) is 1. The number of halogens is 1. The number of rotatable bonds is 6. The van der Waals surface area contributed by atoms with E-state index in [0.29, 0.717) is 31.4 Å². The highest BCUT2D eigenvalue weighted by Crippen LogP contribution is 2.51. The molecule has 4 fully saturated rings. The molecule has 1 spiro atoms. The molecular formula is C24H33FN2O3. The average Bonchev–Trinajstić information content (AvgIpc) is 3.34. The molecule has 1 aromatic carbocycles. The highest BCUT2D eigenvalue weighted by molar-refractivity contribution is 5.88. The summed E-state index contributed by atoms with van der Waals surface area (Å²) in [6.45, 7) is 4.08. The second-order valence-corrected chi connectivity index (χ2v) is 9.94. The van der Waals surface area contributed by atoms with Gasteiger partial charge in [0.25, 0.3) is 5.91 Å². The van der Waals surface area contributed by atoms with Crippen LogP contribution in [0.15, 0.2) is 24.3 Å². The van der Waals surface area contributed by atoms with Gasteiger partial charge in [0.2, 0.25) is 0 Å². The molecule has 6 heteroatoms. The van der Waals surface area contributed by atoms with E-state index in [2.05, 4.69) is 17.0 Å². The minimum Gasteiger partial charge on any atom is -0.491 e. The number of para-hydroxylation sites is 1. The lowest BCUT2D eigenvalue weighted by Gasteiger charge is -2.49. The average molecular weight is 417 g/mol. The van der Waals surface area contributed by atoms with Gasteiger partial charge in [0, 0.05) is 24.5 Å². The van der Waals surface area contributed by atoms with E-state index in [1.54, 1.807) is 4.90 Å². The molecular weight excluding hydrogens is 383 g/mol. The molecule has 2 aliphatic carbocycles. The first kappa shape index (κ1) is 20.3. The van der Waals surface area contributed by atoms with Crippen LogP contribution >= 0.6 is 0 Å². The van der Waals surface area contributed by atoms with E-state index in [0.717, 1.165) is 51.2 Å². The molecule has 0 aromatic heterocycles. The second-order valence-electron chi connectivity index (χ2n) is 9.94. The van der Waals surface area contributed by atoms with E-state index in [1.807, 2.05) is 12.1 Å². The zero-order valence-electron chi connectivity index (χ0n) is 17.7. The minimum absolute atomic E-state index is 0.0333. The molecule has 4 aliphatic rings. The Balaban J connectivity index is 1.13. The Hall–Kier alpha value is -1.66. The van der Waals surface area contributed by atoms with Crippen molar-refractivity contribution in [2.75, 3.05) is 39.4 Å². The first-order chi connectivity index (χ1) is 14.5. The first-order valence-corrected chi connectivity index (χ1v) is 11.6. The Bertz CT molecular complexity index is 782. The molecule has 0 radical (unpaired) electrons. The number of piperidine rings is 1. The predicted molar refractivity (Wildman–Crippen MR) is 112 cm³/mol. The summed E-state index contributed by atoms with van der Waals surface area (Å²) in [5, 5.41) is 9.07. The van der Waals surface area contributed by atoms with E-state index in [4.69, 9.17) is 9.84 Å². The van der Waals surface area contributed by atoms with Gasteiger partial charge in [0.1, 0.15) is 12.4 Å². The maximum Gasteiger partial charge on any atom is 0.260 e. The molecule has 2 saturated carbocycles. The van der Waals surface area contributed by atoms with Crippen LogP contribution in [-0.2, 0) is 4.79 Å². The molecule has 2 aliphatic heterocycles. The van der Waals surface area contributed by atoms with E-state index in [1.165, 1.54) is 18.4 Å². The molecule has 164 valence electrons. The van der Waals surface area contributed by atoms with Crippen LogP contribution in [0.5, 0.6) is 5.75 Å². The molecule has 30 heavy (non-hydrogen) atoms. The quantitative estimate of drug-likeness (QED) is 0.774. The Morgan fingerprint density at radius 2 is 1.87 bits per heavy atom.